The second-order valence-electron chi connectivity index (χ2n) is 8.12. The smallest absolute Gasteiger partial charge is 0.307 e. The van der Waals surface area contributed by atoms with Gasteiger partial charge in [0.2, 0.25) is 6.23 Å². The van der Waals surface area contributed by atoms with Crippen LogP contribution in [-0.4, -0.2) is 16.9 Å². The number of pyridine rings is 1. The lowest BCUT2D eigenvalue weighted by molar-refractivity contribution is -0.148. The van der Waals surface area contributed by atoms with Gasteiger partial charge in [-0.3, -0.25) is 14.5 Å². The number of benzene rings is 3. The van der Waals surface area contributed by atoms with Crippen molar-refractivity contribution in [1.82, 2.24) is 4.98 Å². The van der Waals surface area contributed by atoms with Crippen molar-refractivity contribution in [2.24, 2.45) is 0 Å². The molecule has 0 fully saturated rings. The Bertz CT molecular complexity index is 1440. The molecular formula is C27H20ClFN2O3. The third kappa shape index (κ3) is 3.70. The van der Waals surface area contributed by atoms with Crippen molar-refractivity contribution in [3.63, 3.8) is 0 Å². The van der Waals surface area contributed by atoms with Crippen LogP contribution in [0.4, 0.5) is 10.1 Å². The number of rotatable bonds is 4. The molecule has 1 amide bonds. The molecule has 1 aliphatic heterocycles. The molecule has 1 aliphatic rings. The van der Waals surface area contributed by atoms with Gasteiger partial charge in [0.15, 0.2) is 0 Å². The van der Waals surface area contributed by atoms with Crippen molar-refractivity contribution in [3.8, 4) is 11.3 Å². The predicted octanol–water partition coefficient (Wildman–Crippen LogP) is 6.61. The van der Waals surface area contributed by atoms with Gasteiger partial charge in [-0.15, -0.1) is 0 Å². The van der Waals surface area contributed by atoms with Gasteiger partial charge in [-0.2, -0.15) is 0 Å². The van der Waals surface area contributed by atoms with Crippen LogP contribution >= 0.6 is 11.6 Å². The molecule has 0 saturated heterocycles. The largest absolute Gasteiger partial charge is 0.437 e. The summed E-state index contributed by atoms with van der Waals surface area (Å²) in [5.74, 6) is -1.29. The van der Waals surface area contributed by atoms with Gasteiger partial charge in [-0.25, -0.2) is 9.37 Å². The van der Waals surface area contributed by atoms with Crippen LogP contribution in [0.1, 0.15) is 41.1 Å². The van der Waals surface area contributed by atoms with Gasteiger partial charge >= 0.3 is 5.97 Å². The molecule has 5 nitrogen and oxygen atoms in total. The summed E-state index contributed by atoms with van der Waals surface area (Å²) in [7, 11) is 0. The van der Waals surface area contributed by atoms with Crippen LogP contribution in [0.25, 0.3) is 22.2 Å². The molecule has 0 spiro atoms. The molecule has 1 aromatic heterocycles. The van der Waals surface area contributed by atoms with E-state index in [-0.39, 0.29) is 12.3 Å². The Balaban J connectivity index is 1.83. The number of amides is 1. The van der Waals surface area contributed by atoms with Crippen molar-refractivity contribution in [3.05, 3.63) is 94.3 Å². The van der Waals surface area contributed by atoms with E-state index in [9.17, 15) is 14.0 Å². The highest BCUT2D eigenvalue weighted by Gasteiger charge is 2.44. The first-order valence-electron chi connectivity index (χ1n) is 10.9. The van der Waals surface area contributed by atoms with Crippen molar-refractivity contribution in [1.29, 1.82) is 0 Å². The molecule has 3 aromatic carbocycles. The third-order valence-corrected chi connectivity index (χ3v) is 6.10. The molecule has 0 saturated carbocycles. The number of nitrogens with zero attached hydrogens (tertiary/aromatic N) is 2. The van der Waals surface area contributed by atoms with E-state index in [1.165, 1.54) is 29.2 Å². The Morgan fingerprint density at radius 2 is 1.79 bits per heavy atom. The summed E-state index contributed by atoms with van der Waals surface area (Å²) < 4.78 is 19.5. The third-order valence-electron chi connectivity index (χ3n) is 5.86. The second-order valence-corrected chi connectivity index (χ2v) is 8.56. The van der Waals surface area contributed by atoms with Crippen LogP contribution in [-0.2, 0) is 9.53 Å². The molecule has 0 aliphatic carbocycles. The number of hydrogen-bond donors (Lipinski definition) is 0. The zero-order valence-electron chi connectivity index (χ0n) is 18.5. The lowest BCUT2D eigenvalue weighted by Crippen LogP contribution is -2.30. The van der Waals surface area contributed by atoms with E-state index in [1.807, 2.05) is 31.2 Å². The molecule has 7 heteroatoms. The average Bonchev–Trinajstić information content (AvgIpc) is 3.12. The molecule has 1 atom stereocenters. The fourth-order valence-electron chi connectivity index (χ4n) is 4.18. The van der Waals surface area contributed by atoms with E-state index in [4.69, 9.17) is 21.3 Å². The number of anilines is 1. The summed E-state index contributed by atoms with van der Waals surface area (Å²) in [4.78, 5) is 32.6. The molecule has 5 rings (SSSR count). The molecule has 4 aromatic rings. The Kier molecular flexibility index (Phi) is 5.54. The zero-order valence-corrected chi connectivity index (χ0v) is 19.3. The first-order valence-corrected chi connectivity index (χ1v) is 11.2. The van der Waals surface area contributed by atoms with Crippen LogP contribution in [0.15, 0.2) is 66.7 Å². The zero-order chi connectivity index (χ0) is 24.0. The van der Waals surface area contributed by atoms with E-state index in [0.717, 1.165) is 11.1 Å². The lowest BCUT2D eigenvalue weighted by Gasteiger charge is -2.25. The molecular weight excluding hydrogens is 455 g/mol. The highest BCUT2D eigenvalue weighted by atomic mass is 35.5. The van der Waals surface area contributed by atoms with Gasteiger partial charge in [0, 0.05) is 28.1 Å². The monoisotopic (exact) mass is 474 g/mol. The number of fused-ring (bicyclic) bond motifs is 3. The maximum atomic E-state index is 13.9. The number of halogens is 2. The predicted molar refractivity (Wildman–Crippen MR) is 129 cm³/mol. The van der Waals surface area contributed by atoms with Gasteiger partial charge in [-0.05, 0) is 49.4 Å². The normalized spacial score (nSPS) is 15.0. The fraction of sp³-hybridized carbons (Fsp3) is 0.148. The Hall–Kier alpha value is -3.77. The highest BCUT2D eigenvalue weighted by molar-refractivity contribution is 6.32. The number of ether oxygens (including phenoxy) is 1. The van der Waals surface area contributed by atoms with E-state index < -0.39 is 18.0 Å². The fourth-order valence-corrected chi connectivity index (χ4v) is 4.35. The molecule has 0 N–H and O–H groups in total. The van der Waals surface area contributed by atoms with Gasteiger partial charge in [0.05, 0.1) is 22.3 Å². The summed E-state index contributed by atoms with van der Waals surface area (Å²) in [6.45, 7) is 3.66. The minimum atomic E-state index is -1.06. The van der Waals surface area contributed by atoms with Gasteiger partial charge < -0.3 is 4.74 Å². The summed E-state index contributed by atoms with van der Waals surface area (Å²) in [6, 6.07) is 18.4. The molecule has 34 heavy (non-hydrogen) atoms. The summed E-state index contributed by atoms with van der Waals surface area (Å²) in [5, 5.41) is 1.01. The number of carbonyl (C=O) groups excluding carboxylic acids is 2. The van der Waals surface area contributed by atoms with E-state index in [1.54, 1.807) is 25.1 Å². The Morgan fingerprint density at radius 1 is 1.09 bits per heavy atom. The van der Waals surface area contributed by atoms with Crippen molar-refractivity contribution in [2.45, 2.75) is 26.5 Å². The van der Waals surface area contributed by atoms with Crippen LogP contribution in [0.5, 0.6) is 0 Å². The number of esters is 1. The number of aromatic nitrogens is 1. The summed E-state index contributed by atoms with van der Waals surface area (Å²) >= 11 is 6.28. The molecule has 170 valence electrons. The number of carbonyl (C=O) groups is 2. The Labute approximate surface area is 200 Å². The molecule has 0 bridgehead atoms. The molecule has 1 unspecified atom stereocenters. The minimum Gasteiger partial charge on any atom is -0.437 e. The average molecular weight is 475 g/mol. The van der Waals surface area contributed by atoms with Gasteiger partial charge in [0.1, 0.15) is 5.82 Å². The van der Waals surface area contributed by atoms with Gasteiger partial charge in [0.25, 0.3) is 5.91 Å². The first kappa shape index (κ1) is 22.0. The standard InChI is InChI=1S/C27H20ClFN2O3/c1-3-22(32)34-27-24-23(26(33)31(27)19-11-9-18(29)10-12-19)20-14-17(28)8-13-21(20)30-25(24)16-6-4-15(2)5-7-16/h4-14,27H,3H2,1-2H3. The number of hydrogen-bond acceptors (Lipinski definition) is 4. The second kappa shape index (κ2) is 8.54. The molecule has 0 radical (unpaired) electrons. The highest BCUT2D eigenvalue weighted by Crippen LogP contribution is 2.45. The summed E-state index contributed by atoms with van der Waals surface area (Å²) in [5.41, 5.74) is 4.24. The van der Waals surface area contributed by atoms with Crippen LogP contribution < -0.4 is 4.90 Å². The maximum Gasteiger partial charge on any atom is 0.307 e. The topological polar surface area (TPSA) is 59.5 Å². The van der Waals surface area contributed by atoms with Crippen LogP contribution in [0, 0.1) is 12.7 Å². The quantitative estimate of drug-likeness (QED) is 0.312. The van der Waals surface area contributed by atoms with Gasteiger partial charge in [-0.1, -0.05) is 48.4 Å². The van der Waals surface area contributed by atoms with Crippen LogP contribution in [0.3, 0.4) is 0 Å². The number of aryl methyl sites for hydroxylation is 1. The Morgan fingerprint density at radius 3 is 2.47 bits per heavy atom. The lowest BCUT2D eigenvalue weighted by atomic mass is 9.97. The maximum absolute atomic E-state index is 13.9. The summed E-state index contributed by atoms with van der Waals surface area (Å²) in [6.07, 6.45) is -0.933. The van der Waals surface area contributed by atoms with Crippen molar-refractivity contribution in [2.75, 3.05) is 4.90 Å². The van der Waals surface area contributed by atoms with E-state index in [2.05, 4.69) is 0 Å². The SMILES string of the molecule is CCC(=O)OC1c2c(-c3ccc(C)cc3)nc3ccc(Cl)cc3c2C(=O)N1c1ccc(F)cc1. The van der Waals surface area contributed by atoms with E-state index in [0.29, 0.717) is 38.4 Å². The first-order chi connectivity index (χ1) is 16.4. The van der Waals surface area contributed by atoms with Crippen molar-refractivity contribution >= 4 is 40.1 Å². The minimum absolute atomic E-state index is 0.129. The van der Waals surface area contributed by atoms with Crippen molar-refractivity contribution < 1.29 is 18.7 Å². The molecule has 2 heterocycles. The van der Waals surface area contributed by atoms with Crippen LogP contribution in [0.2, 0.25) is 5.02 Å². The van der Waals surface area contributed by atoms with E-state index >= 15 is 0 Å².